The lowest BCUT2D eigenvalue weighted by Gasteiger charge is -2.29. The van der Waals surface area contributed by atoms with Crippen LogP contribution in [0.15, 0.2) is 42.5 Å². The fraction of sp³-hybridized carbons (Fsp3) is 0.333. The van der Waals surface area contributed by atoms with E-state index in [2.05, 4.69) is 5.32 Å². The van der Waals surface area contributed by atoms with Crippen molar-refractivity contribution in [1.82, 2.24) is 5.32 Å². The minimum Gasteiger partial charge on any atom is -0.479 e. The molecule has 0 fully saturated rings. The SMILES string of the molecule is CC(C)(C)OC(=O)N[C@](C)(C(=O)O)c1ccc2ccccc2c1. The third-order valence-corrected chi connectivity index (χ3v) is 3.51. The summed E-state index contributed by atoms with van der Waals surface area (Å²) < 4.78 is 5.18. The second-order valence-corrected chi connectivity index (χ2v) is 6.62. The second kappa shape index (κ2) is 5.91. The first-order valence-corrected chi connectivity index (χ1v) is 7.36. The molecule has 0 aromatic heterocycles. The highest BCUT2D eigenvalue weighted by Crippen LogP contribution is 2.26. The van der Waals surface area contributed by atoms with E-state index >= 15 is 0 Å². The van der Waals surface area contributed by atoms with E-state index in [1.807, 2.05) is 30.3 Å². The van der Waals surface area contributed by atoms with Crippen molar-refractivity contribution in [2.45, 2.75) is 38.8 Å². The van der Waals surface area contributed by atoms with E-state index in [0.717, 1.165) is 10.8 Å². The van der Waals surface area contributed by atoms with Crippen LogP contribution in [0.2, 0.25) is 0 Å². The first-order chi connectivity index (χ1) is 10.6. The highest BCUT2D eigenvalue weighted by molar-refractivity contribution is 5.89. The average Bonchev–Trinajstić information content (AvgIpc) is 2.44. The Kier molecular flexibility index (Phi) is 4.32. The van der Waals surface area contributed by atoms with Gasteiger partial charge in [0, 0.05) is 0 Å². The minimum absolute atomic E-state index is 0.481. The molecule has 0 aliphatic rings. The van der Waals surface area contributed by atoms with Crippen molar-refractivity contribution in [2.24, 2.45) is 0 Å². The minimum atomic E-state index is -1.58. The number of fused-ring (bicyclic) bond motifs is 1. The van der Waals surface area contributed by atoms with Crippen LogP contribution in [0.3, 0.4) is 0 Å². The first kappa shape index (κ1) is 16.8. The third-order valence-electron chi connectivity index (χ3n) is 3.51. The van der Waals surface area contributed by atoms with Crippen LogP contribution >= 0.6 is 0 Å². The first-order valence-electron chi connectivity index (χ1n) is 7.36. The number of hydrogen-bond donors (Lipinski definition) is 2. The van der Waals surface area contributed by atoms with Crippen molar-refractivity contribution in [2.75, 3.05) is 0 Å². The molecule has 2 rings (SSSR count). The molecule has 0 unspecified atom stereocenters. The predicted molar refractivity (Wildman–Crippen MR) is 88.3 cm³/mol. The van der Waals surface area contributed by atoms with Gasteiger partial charge < -0.3 is 15.2 Å². The number of carboxylic acids is 1. The van der Waals surface area contributed by atoms with Gasteiger partial charge in [-0.3, -0.25) is 0 Å². The van der Waals surface area contributed by atoms with Gasteiger partial charge in [0.25, 0.3) is 0 Å². The van der Waals surface area contributed by atoms with Crippen molar-refractivity contribution in [3.8, 4) is 0 Å². The number of alkyl carbamates (subject to hydrolysis) is 1. The van der Waals surface area contributed by atoms with E-state index in [9.17, 15) is 14.7 Å². The molecule has 0 heterocycles. The molecule has 2 aromatic rings. The molecule has 0 saturated carbocycles. The van der Waals surface area contributed by atoms with Crippen LogP contribution in [0.1, 0.15) is 33.3 Å². The van der Waals surface area contributed by atoms with Gasteiger partial charge >= 0.3 is 12.1 Å². The molecule has 2 aromatic carbocycles. The van der Waals surface area contributed by atoms with E-state index in [1.54, 1.807) is 32.9 Å². The average molecular weight is 315 g/mol. The Balaban J connectivity index is 2.38. The maximum atomic E-state index is 12.0. The van der Waals surface area contributed by atoms with Crippen LogP contribution in [0.5, 0.6) is 0 Å². The molecule has 1 amide bonds. The number of amides is 1. The molecule has 23 heavy (non-hydrogen) atoms. The van der Waals surface area contributed by atoms with Gasteiger partial charge in [0.2, 0.25) is 0 Å². The van der Waals surface area contributed by atoms with Gasteiger partial charge in [-0.2, -0.15) is 0 Å². The number of ether oxygens (including phenoxy) is 1. The number of aliphatic carboxylic acids is 1. The Morgan fingerprint density at radius 2 is 1.61 bits per heavy atom. The lowest BCUT2D eigenvalue weighted by Crippen LogP contribution is -2.51. The molecule has 0 saturated heterocycles. The molecule has 0 aliphatic heterocycles. The third kappa shape index (κ3) is 3.80. The van der Waals surface area contributed by atoms with Crippen LogP contribution in [-0.4, -0.2) is 22.8 Å². The molecule has 1 atom stereocenters. The fourth-order valence-corrected chi connectivity index (χ4v) is 2.26. The maximum Gasteiger partial charge on any atom is 0.408 e. The lowest BCUT2D eigenvalue weighted by molar-refractivity contribution is -0.144. The number of nitrogens with one attached hydrogen (secondary N) is 1. The Bertz CT molecular complexity index is 748. The van der Waals surface area contributed by atoms with Crippen LogP contribution in [0, 0.1) is 0 Å². The van der Waals surface area contributed by atoms with Crippen LogP contribution < -0.4 is 5.32 Å². The van der Waals surface area contributed by atoms with Crippen LogP contribution in [0.25, 0.3) is 10.8 Å². The number of carboxylic acid groups (broad SMARTS) is 1. The number of rotatable bonds is 3. The number of benzene rings is 2. The van der Waals surface area contributed by atoms with Gasteiger partial charge in [0.05, 0.1) is 0 Å². The highest BCUT2D eigenvalue weighted by Gasteiger charge is 2.38. The van der Waals surface area contributed by atoms with E-state index in [4.69, 9.17) is 4.74 Å². The zero-order chi connectivity index (χ0) is 17.3. The Labute approximate surface area is 135 Å². The second-order valence-electron chi connectivity index (χ2n) is 6.62. The summed E-state index contributed by atoms with van der Waals surface area (Å²) in [6, 6.07) is 12.9. The van der Waals surface area contributed by atoms with E-state index in [1.165, 1.54) is 6.92 Å². The Morgan fingerprint density at radius 1 is 1.00 bits per heavy atom. The molecular weight excluding hydrogens is 294 g/mol. The molecule has 5 nitrogen and oxygen atoms in total. The summed E-state index contributed by atoms with van der Waals surface area (Å²) in [4.78, 5) is 23.8. The zero-order valence-electron chi connectivity index (χ0n) is 13.7. The Morgan fingerprint density at radius 3 is 2.17 bits per heavy atom. The molecule has 0 bridgehead atoms. The number of hydrogen-bond acceptors (Lipinski definition) is 3. The smallest absolute Gasteiger partial charge is 0.408 e. The molecule has 0 aliphatic carbocycles. The maximum absolute atomic E-state index is 12.0. The van der Waals surface area contributed by atoms with Gasteiger partial charge in [-0.25, -0.2) is 9.59 Å². The quantitative estimate of drug-likeness (QED) is 0.906. The van der Waals surface area contributed by atoms with Gasteiger partial charge in [0.15, 0.2) is 5.54 Å². The molecule has 0 radical (unpaired) electrons. The molecular formula is C18H21NO4. The summed E-state index contributed by atoms with van der Waals surface area (Å²) in [5.74, 6) is -1.15. The van der Waals surface area contributed by atoms with Gasteiger partial charge in [-0.15, -0.1) is 0 Å². The van der Waals surface area contributed by atoms with Crippen molar-refractivity contribution in [3.63, 3.8) is 0 Å². The topological polar surface area (TPSA) is 75.6 Å². The number of carbonyl (C=O) groups is 2. The zero-order valence-corrected chi connectivity index (χ0v) is 13.7. The van der Waals surface area contributed by atoms with Gasteiger partial charge in [-0.1, -0.05) is 36.4 Å². The fourth-order valence-electron chi connectivity index (χ4n) is 2.26. The monoisotopic (exact) mass is 315 g/mol. The van der Waals surface area contributed by atoms with Crippen LogP contribution in [0.4, 0.5) is 4.79 Å². The van der Waals surface area contributed by atoms with Gasteiger partial charge in [0.1, 0.15) is 5.60 Å². The van der Waals surface area contributed by atoms with Crippen molar-refractivity contribution < 1.29 is 19.4 Å². The van der Waals surface area contributed by atoms with Crippen molar-refractivity contribution in [1.29, 1.82) is 0 Å². The molecule has 2 N–H and O–H groups in total. The summed E-state index contributed by atoms with van der Waals surface area (Å²) in [5.41, 5.74) is -1.80. The highest BCUT2D eigenvalue weighted by atomic mass is 16.6. The van der Waals surface area contributed by atoms with Crippen molar-refractivity contribution in [3.05, 3.63) is 48.0 Å². The van der Waals surface area contributed by atoms with E-state index in [-0.39, 0.29) is 0 Å². The summed E-state index contributed by atoms with van der Waals surface area (Å²) in [5, 5.41) is 14.0. The molecule has 5 heteroatoms. The summed E-state index contributed by atoms with van der Waals surface area (Å²) in [6.45, 7) is 6.62. The summed E-state index contributed by atoms with van der Waals surface area (Å²) >= 11 is 0. The van der Waals surface area contributed by atoms with E-state index in [0.29, 0.717) is 5.56 Å². The summed E-state index contributed by atoms with van der Waals surface area (Å²) in [7, 11) is 0. The molecule has 0 spiro atoms. The lowest BCUT2D eigenvalue weighted by atomic mass is 9.90. The van der Waals surface area contributed by atoms with Crippen LogP contribution in [-0.2, 0) is 15.1 Å². The van der Waals surface area contributed by atoms with Gasteiger partial charge in [-0.05, 0) is 50.1 Å². The van der Waals surface area contributed by atoms with E-state index < -0.39 is 23.2 Å². The predicted octanol–water partition coefficient (Wildman–Crippen LogP) is 3.66. The largest absolute Gasteiger partial charge is 0.479 e. The normalized spacial score (nSPS) is 14.1. The molecule has 122 valence electrons. The Hall–Kier alpha value is -2.56. The summed E-state index contributed by atoms with van der Waals surface area (Å²) in [6.07, 6.45) is -0.768. The number of carbonyl (C=O) groups excluding carboxylic acids is 1. The standard InChI is InChI=1S/C18H21NO4/c1-17(2,3)23-16(22)19-18(4,15(20)21)14-10-9-12-7-5-6-8-13(12)11-14/h5-11H,1-4H3,(H,19,22)(H,20,21)/t18-/m0/s1. The van der Waals surface area contributed by atoms with Crippen molar-refractivity contribution >= 4 is 22.8 Å².